The molecule has 0 saturated carbocycles. The lowest BCUT2D eigenvalue weighted by Gasteiger charge is -2.00. The third-order valence-electron chi connectivity index (χ3n) is 2.26. The number of nitrogens with zero attached hydrogens (tertiary/aromatic N) is 1. The molecule has 0 aromatic carbocycles. The molecule has 1 aliphatic rings. The van der Waals surface area contributed by atoms with Crippen LogP contribution in [0.25, 0.3) is 5.57 Å². The Balaban J connectivity index is 2.33. The van der Waals surface area contributed by atoms with E-state index in [2.05, 4.69) is 4.98 Å². The molecule has 1 heterocycles. The fraction of sp³-hybridized carbons (Fsp3) is 0.0769. The lowest BCUT2D eigenvalue weighted by Crippen LogP contribution is -1.86. The molecule has 2 nitrogen and oxygen atoms in total. The molecule has 0 fully saturated rings. The van der Waals surface area contributed by atoms with Gasteiger partial charge >= 0.3 is 0 Å². The van der Waals surface area contributed by atoms with Crippen LogP contribution in [0.15, 0.2) is 54.3 Å². The van der Waals surface area contributed by atoms with Crippen LogP contribution in [0.1, 0.15) is 12.1 Å². The van der Waals surface area contributed by atoms with Gasteiger partial charge in [0.15, 0.2) is 0 Å². The molecule has 15 heavy (non-hydrogen) atoms. The zero-order chi connectivity index (χ0) is 10.5. The first-order valence-electron chi connectivity index (χ1n) is 4.84. The highest BCUT2D eigenvalue weighted by molar-refractivity contribution is 5.80. The van der Waals surface area contributed by atoms with E-state index in [0.717, 1.165) is 24.0 Å². The molecule has 0 bridgehead atoms. The van der Waals surface area contributed by atoms with Crippen molar-refractivity contribution in [1.82, 2.24) is 4.98 Å². The van der Waals surface area contributed by atoms with Crippen LogP contribution in [0.3, 0.4) is 0 Å². The van der Waals surface area contributed by atoms with Crippen molar-refractivity contribution in [2.75, 3.05) is 0 Å². The second-order valence-corrected chi connectivity index (χ2v) is 3.30. The van der Waals surface area contributed by atoms with E-state index in [-0.39, 0.29) is 0 Å². The Bertz CT molecular complexity index is 441. The molecule has 1 aliphatic carbocycles. The number of aldehydes is 1. The fourth-order valence-electron chi connectivity index (χ4n) is 1.46. The van der Waals surface area contributed by atoms with E-state index in [1.165, 1.54) is 0 Å². The molecular formula is C13H11NO. The molecule has 0 saturated heterocycles. The average Bonchev–Trinajstić information content (AvgIpc) is 2.55. The third kappa shape index (κ3) is 2.29. The van der Waals surface area contributed by atoms with Crippen LogP contribution in [0.5, 0.6) is 0 Å². The fourth-order valence-corrected chi connectivity index (χ4v) is 1.46. The largest absolute Gasteiger partial charge is 0.298 e. The van der Waals surface area contributed by atoms with E-state index < -0.39 is 0 Å². The van der Waals surface area contributed by atoms with E-state index in [9.17, 15) is 4.79 Å². The Kier molecular flexibility index (Phi) is 2.88. The number of rotatable bonds is 2. The van der Waals surface area contributed by atoms with Gasteiger partial charge in [-0.3, -0.25) is 9.78 Å². The van der Waals surface area contributed by atoms with Crippen molar-refractivity contribution in [2.45, 2.75) is 6.42 Å². The van der Waals surface area contributed by atoms with Crippen LogP contribution in [0.2, 0.25) is 0 Å². The van der Waals surface area contributed by atoms with Gasteiger partial charge in [-0.05, 0) is 24.1 Å². The molecule has 0 amide bonds. The van der Waals surface area contributed by atoms with Gasteiger partial charge in [-0.15, -0.1) is 0 Å². The van der Waals surface area contributed by atoms with Gasteiger partial charge in [-0.1, -0.05) is 30.4 Å². The molecule has 0 atom stereocenters. The highest BCUT2D eigenvalue weighted by Crippen LogP contribution is 2.19. The maximum absolute atomic E-state index is 10.6. The van der Waals surface area contributed by atoms with Gasteiger partial charge in [-0.2, -0.15) is 0 Å². The monoisotopic (exact) mass is 197 g/mol. The van der Waals surface area contributed by atoms with Gasteiger partial charge in [-0.25, -0.2) is 0 Å². The van der Waals surface area contributed by atoms with Gasteiger partial charge in [0, 0.05) is 11.8 Å². The Hall–Kier alpha value is -1.96. The van der Waals surface area contributed by atoms with Crippen molar-refractivity contribution in [3.8, 4) is 0 Å². The van der Waals surface area contributed by atoms with Gasteiger partial charge < -0.3 is 0 Å². The van der Waals surface area contributed by atoms with Crippen LogP contribution in [0.4, 0.5) is 0 Å². The highest BCUT2D eigenvalue weighted by Gasteiger charge is 2.02. The summed E-state index contributed by atoms with van der Waals surface area (Å²) >= 11 is 0. The van der Waals surface area contributed by atoms with Crippen LogP contribution < -0.4 is 0 Å². The number of carbonyl (C=O) groups is 1. The Morgan fingerprint density at radius 1 is 1.27 bits per heavy atom. The molecule has 0 aliphatic heterocycles. The predicted octanol–water partition coefficient (Wildman–Crippen LogP) is 2.55. The molecule has 0 N–H and O–H groups in total. The van der Waals surface area contributed by atoms with E-state index in [0.29, 0.717) is 5.57 Å². The minimum atomic E-state index is 0.695. The van der Waals surface area contributed by atoms with E-state index in [4.69, 9.17) is 0 Å². The molecule has 2 rings (SSSR count). The number of carbonyl (C=O) groups excluding carboxylic acids is 1. The zero-order valence-corrected chi connectivity index (χ0v) is 8.26. The van der Waals surface area contributed by atoms with Crippen molar-refractivity contribution in [3.05, 3.63) is 60.0 Å². The molecule has 74 valence electrons. The summed E-state index contributed by atoms with van der Waals surface area (Å²) in [6, 6.07) is 5.82. The first kappa shape index (κ1) is 9.59. The molecule has 0 spiro atoms. The summed E-state index contributed by atoms with van der Waals surface area (Å²) in [5.74, 6) is 0. The maximum Gasteiger partial charge on any atom is 0.150 e. The topological polar surface area (TPSA) is 30.0 Å². The van der Waals surface area contributed by atoms with Gasteiger partial charge in [0.2, 0.25) is 0 Å². The smallest absolute Gasteiger partial charge is 0.150 e. The normalized spacial score (nSPS) is 15.2. The van der Waals surface area contributed by atoms with Crippen LogP contribution >= 0.6 is 0 Å². The van der Waals surface area contributed by atoms with Crippen LogP contribution in [0, 0.1) is 0 Å². The SMILES string of the molecule is O=CC1=CC=C(c2ccccn2)CC=C1. The Morgan fingerprint density at radius 2 is 2.20 bits per heavy atom. The zero-order valence-electron chi connectivity index (χ0n) is 8.26. The van der Waals surface area contributed by atoms with Crippen LogP contribution in [-0.4, -0.2) is 11.3 Å². The van der Waals surface area contributed by atoms with Crippen molar-refractivity contribution >= 4 is 11.9 Å². The minimum absolute atomic E-state index is 0.695. The van der Waals surface area contributed by atoms with Gasteiger partial charge in [0.05, 0.1) is 5.69 Å². The standard InChI is InChI=1S/C13H11NO/c15-10-11-4-3-5-12(8-7-11)13-6-1-2-9-14-13/h1-4,6-10H,5H2. The quantitative estimate of drug-likeness (QED) is 0.682. The minimum Gasteiger partial charge on any atom is -0.298 e. The van der Waals surface area contributed by atoms with Crippen molar-refractivity contribution in [1.29, 1.82) is 0 Å². The second-order valence-electron chi connectivity index (χ2n) is 3.30. The average molecular weight is 197 g/mol. The van der Waals surface area contributed by atoms with Gasteiger partial charge in [0.25, 0.3) is 0 Å². The first-order valence-corrected chi connectivity index (χ1v) is 4.84. The molecular weight excluding hydrogens is 186 g/mol. The van der Waals surface area contributed by atoms with E-state index in [1.54, 1.807) is 6.20 Å². The van der Waals surface area contributed by atoms with Crippen molar-refractivity contribution in [3.63, 3.8) is 0 Å². The number of hydrogen-bond donors (Lipinski definition) is 0. The molecule has 1 aromatic heterocycles. The van der Waals surface area contributed by atoms with E-state index >= 15 is 0 Å². The maximum atomic E-state index is 10.6. The van der Waals surface area contributed by atoms with Crippen molar-refractivity contribution < 1.29 is 4.79 Å². The summed E-state index contributed by atoms with van der Waals surface area (Å²) in [6.45, 7) is 0. The molecule has 0 radical (unpaired) electrons. The first-order chi connectivity index (χ1) is 7.40. The molecule has 2 heteroatoms. The van der Waals surface area contributed by atoms with Gasteiger partial charge in [0.1, 0.15) is 6.29 Å². The van der Waals surface area contributed by atoms with Crippen molar-refractivity contribution in [2.24, 2.45) is 0 Å². The Labute approximate surface area is 88.7 Å². The summed E-state index contributed by atoms with van der Waals surface area (Å²) in [7, 11) is 0. The summed E-state index contributed by atoms with van der Waals surface area (Å²) in [6.07, 6.45) is 11.0. The third-order valence-corrected chi connectivity index (χ3v) is 2.26. The number of pyridine rings is 1. The summed E-state index contributed by atoms with van der Waals surface area (Å²) < 4.78 is 0. The number of allylic oxidation sites excluding steroid dienone is 6. The summed E-state index contributed by atoms with van der Waals surface area (Å²) in [4.78, 5) is 14.9. The van der Waals surface area contributed by atoms with E-state index in [1.807, 2.05) is 42.5 Å². The predicted molar refractivity (Wildman–Crippen MR) is 60.1 cm³/mol. The second kappa shape index (κ2) is 4.51. The molecule has 0 unspecified atom stereocenters. The number of hydrogen-bond acceptors (Lipinski definition) is 2. The summed E-state index contributed by atoms with van der Waals surface area (Å²) in [5, 5.41) is 0. The number of aromatic nitrogens is 1. The molecule has 1 aromatic rings. The lowest BCUT2D eigenvalue weighted by molar-refractivity contribution is -0.104. The summed E-state index contributed by atoms with van der Waals surface area (Å²) in [5.41, 5.74) is 2.79. The lowest BCUT2D eigenvalue weighted by atomic mass is 10.1. The Morgan fingerprint density at radius 3 is 2.93 bits per heavy atom. The van der Waals surface area contributed by atoms with Crippen LogP contribution in [-0.2, 0) is 4.79 Å². The highest BCUT2D eigenvalue weighted by atomic mass is 16.1.